The predicted octanol–water partition coefficient (Wildman–Crippen LogP) is 2.48. The third-order valence-corrected chi connectivity index (χ3v) is 5.51. The smallest absolute Gasteiger partial charge is 0.319 e. The van der Waals surface area contributed by atoms with Crippen molar-refractivity contribution >= 4 is 11.5 Å². The molecule has 142 valence electrons. The van der Waals surface area contributed by atoms with Gasteiger partial charge in [-0.25, -0.2) is 9.50 Å². The predicted molar refractivity (Wildman–Crippen MR) is 99.5 cm³/mol. The molecule has 1 fully saturated rings. The monoisotopic (exact) mass is 377 g/mol. The SMILES string of the molecule is COc1cccn2nc(C3c4nc[nH]c4CCN3c3nnc(C4CC4)o3)cc12. The summed E-state index contributed by atoms with van der Waals surface area (Å²) >= 11 is 0. The van der Waals surface area contributed by atoms with Crippen LogP contribution in [0.5, 0.6) is 5.75 Å². The summed E-state index contributed by atoms with van der Waals surface area (Å²) < 4.78 is 13.3. The molecule has 5 heterocycles. The highest BCUT2D eigenvalue weighted by Gasteiger charge is 2.37. The van der Waals surface area contributed by atoms with Crippen molar-refractivity contribution in [2.45, 2.75) is 31.2 Å². The van der Waals surface area contributed by atoms with Gasteiger partial charge in [-0.3, -0.25) is 0 Å². The van der Waals surface area contributed by atoms with Gasteiger partial charge in [-0.05, 0) is 31.0 Å². The summed E-state index contributed by atoms with van der Waals surface area (Å²) in [5.41, 5.74) is 3.84. The molecular formula is C19H19N7O2. The lowest BCUT2D eigenvalue weighted by atomic mass is 10.0. The minimum Gasteiger partial charge on any atom is -0.494 e. The molecule has 9 heteroatoms. The van der Waals surface area contributed by atoms with Gasteiger partial charge in [0.05, 0.1) is 24.8 Å². The maximum absolute atomic E-state index is 6.02. The van der Waals surface area contributed by atoms with Crippen LogP contribution in [0.4, 0.5) is 6.01 Å². The maximum atomic E-state index is 6.02. The standard InChI is InChI=1S/C19H19N7O2/c1-27-15-3-2-7-26-14(15)9-13(24-26)17-16-12(20-10-21-16)6-8-25(17)19-23-22-18(28-19)11-4-5-11/h2-3,7,9-11,17H,4-6,8H2,1H3,(H,20,21). The third kappa shape index (κ3) is 2.32. The molecule has 0 aromatic carbocycles. The molecule has 1 aliphatic heterocycles. The zero-order valence-electron chi connectivity index (χ0n) is 15.4. The van der Waals surface area contributed by atoms with Crippen LogP contribution in [0.3, 0.4) is 0 Å². The average molecular weight is 377 g/mol. The van der Waals surface area contributed by atoms with Crippen LogP contribution in [-0.4, -0.2) is 43.4 Å². The number of nitrogens with one attached hydrogen (secondary N) is 1. The molecule has 2 aliphatic rings. The molecule has 0 saturated heterocycles. The molecule has 4 aromatic rings. The second-order valence-electron chi connectivity index (χ2n) is 7.28. The Bertz CT molecular complexity index is 1160. The Hall–Kier alpha value is -3.36. The van der Waals surface area contributed by atoms with Crippen molar-refractivity contribution in [3.63, 3.8) is 0 Å². The van der Waals surface area contributed by atoms with E-state index in [9.17, 15) is 0 Å². The van der Waals surface area contributed by atoms with Crippen molar-refractivity contribution in [1.82, 2.24) is 29.8 Å². The fourth-order valence-electron chi connectivity index (χ4n) is 3.93. The zero-order chi connectivity index (χ0) is 18.7. The zero-order valence-corrected chi connectivity index (χ0v) is 15.4. The number of ether oxygens (including phenoxy) is 1. The van der Waals surface area contributed by atoms with E-state index in [-0.39, 0.29) is 6.04 Å². The molecular weight excluding hydrogens is 358 g/mol. The number of rotatable bonds is 4. The lowest BCUT2D eigenvalue weighted by Crippen LogP contribution is -2.36. The molecule has 9 nitrogen and oxygen atoms in total. The van der Waals surface area contributed by atoms with Crippen LogP contribution in [0.25, 0.3) is 5.52 Å². The van der Waals surface area contributed by atoms with Gasteiger partial charge < -0.3 is 19.0 Å². The van der Waals surface area contributed by atoms with Crippen molar-refractivity contribution in [2.75, 3.05) is 18.6 Å². The van der Waals surface area contributed by atoms with Crippen LogP contribution in [0, 0.1) is 0 Å². The highest BCUT2D eigenvalue weighted by Crippen LogP contribution is 2.42. The molecule has 1 unspecified atom stereocenters. The Kier molecular flexibility index (Phi) is 3.26. The highest BCUT2D eigenvalue weighted by atomic mass is 16.5. The van der Waals surface area contributed by atoms with E-state index in [1.807, 2.05) is 28.9 Å². The Labute approximate surface area is 160 Å². The minimum atomic E-state index is -0.202. The number of pyridine rings is 1. The van der Waals surface area contributed by atoms with E-state index < -0.39 is 0 Å². The number of H-pyrrole nitrogens is 1. The van der Waals surface area contributed by atoms with Gasteiger partial charge in [0.25, 0.3) is 0 Å². The molecule has 0 radical (unpaired) electrons. The van der Waals surface area contributed by atoms with Crippen LogP contribution in [-0.2, 0) is 6.42 Å². The van der Waals surface area contributed by atoms with Gasteiger partial charge >= 0.3 is 6.01 Å². The molecule has 0 amide bonds. The van der Waals surface area contributed by atoms with Crippen molar-refractivity contribution in [2.24, 2.45) is 0 Å². The molecule has 1 saturated carbocycles. The largest absolute Gasteiger partial charge is 0.494 e. The number of nitrogens with zero attached hydrogens (tertiary/aromatic N) is 6. The molecule has 28 heavy (non-hydrogen) atoms. The number of imidazole rings is 1. The summed E-state index contributed by atoms with van der Waals surface area (Å²) in [5.74, 6) is 1.93. The minimum absolute atomic E-state index is 0.202. The molecule has 4 aromatic heterocycles. The number of methoxy groups -OCH3 is 1. The number of anilines is 1. The van der Waals surface area contributed by atoms with E-state index in [1.54, 1.807) is 13.4 Å². The van der Waals surface area contributed by atoms with Crippen LogP contribution >= 0.6 is 0 Å². The normalized spacial score (nSPS) is 19.2. The Morgan fingerprint density at radius 2 is 2.21 bits per heavy atom. The van der Waals surface area contributed by atoms with Crippen molar-refractivity contribution < 1.29 is 9.15 Å². The van der Waals surface area contributed by atoms with Crippen LogP contribution < -0.4 is 9.64 Å². The summed E-state index contributed by atoms with van der Waals surface area (Å²) in [5, 5.41) is 13.4. The van der Waals surface area contributed by atoms with Crippen LogP contribution in [0.2, 0.25) is 0 Å². The summed E-state index contributed by atoms with van der Waals surface area (Å²) in [6, 6.07) is 6.22. The van der Waals surface area contributed by atoms with Gasteiger partial charge in [0.15, 0.2) is 0 Å². The van der Waals surface area contributed by atoms with Gasteiger partial charge in [0.2, 0.25) is 5.89 Å². The van der Waals surface area contributed by atoms with Gasteiger partial charge in [-0.2, -0.15) is 5.10 Å². The molecule has 6 rings (SSSR count). The van der Waals surface area contributed by atoms with E-state index in [0.29, 0.717) is 11.9 Å². The fraction of sp³-hybridized carbons (Fsp3) is 0.368. The van der Waals surface area contributed by atoms with Crippen molar-refractivity contribution in [3.05, 3.63) is 53.7 Å². The topological polar surface area (TPSA) is 97.4 Å². The lowest BCUT2D eigenvalue weighted by molar-refractivity contribution is 0.417. The summed E-state index contributed by atoms with van der Waals surface area (Å²) in [4.78, 5) is 9.95. The fourth-order valence-corrected chi connectivity index (χ4v) is 3.93. The number of hydrogen-bond donors (Lipinski definition) is 1. The second-order valence-corrected chi connectivity index (χ2v) is 7.28. The quantitative estimate of drug-likeness (QED) is 0.583. The van der Waals surface area contributed by atoms with E-state index in [1.165, 1.54) is 0 Å². The lowest BCUT2D eigenvalue weighted by Gasteiger charge is -2.32. The van der Waals surface area contributed by atoms with Gasteiger partial charge in [-0.1, -0.05) is 5.10 Å². The Balaban J connectivity index is 1.48. The number of fused-ring (bicyclic) bond motifs is 2. The first-order valence-electron chi connectivity index (χ1n) is 9.46. The first kappa shape index (κ1) is 15.7. The second kappa shape index (κ2) is 5.82. The maximum Gasteiger partial charge on any atom is 0.319 e. The van der Waals surface area contributed by atoms with Crippen molar-refractivity contribution in [1.29, 1.82) is 0 Å². The van der Waals surface area contributed by atoms with Crippen LogP contribution in [0.1, 0.15) is 47.8 Å². The molecule has 0 spiro atoms. The summed E-state index contributed by atoms with van der Waals surface area (Å²) in [7, 11) is 1.67. The number of hydrogen-bond acceptors (Lipinski definition) is 7. The van der Waals surface area contributed by atoms with Crippen molar-refractivity contribution in [3.8, 4) is 5.75 Å². The molecule has 0 bridgehead atoms. The molecule has 1 atom stereocenters. The molecule has 1 N–H and O–H groups in total. The van der Waals surface area contributed by atoms with Gasteiger partial charge in [0.1, 0.15) is 17.3 Å². The first-order chi connectivity index (χ1) is 13.8. The average Bonchev–Trinajstić information content (AvgIpc) is 3.13. The van der Waals surface area contributed by atoms with E-state index in [0.717, 1.165) is 60.0 Å². The third-order valence-electron chi connectivity index (χ3n) is 5.51. The number of aromatic nitrogens is 6. The highest BCUT2D eigenvalue weighted by molar-refractivity contribution is 5.61. The van der Waals surface area contributed by atoms with E-state index >= 15 is 0 Å². The Morgan fingerprint density at radius 3 is 3.07 bits per heavy atom. The summed E-state index contributed by atoms with van der Waals surface area (Å²) in [6.07, 6.45) is 6.74. The number of aromatic amines is 1. The van der Waals surface area contributed by atoms with Crippen LogP contribution in [0.15, 0.2) is 35.1 Å². The van der Waals surface area contributed by atoms with Gasteiger partial charge in [0, 0.05) is 30.8 Å². The van der Waals surface area contributed by atoms with E-state index in [4.69, 9.17) is 14.3 Å². The molecule has 1 aliphatic carbocycles. The first-order valence-corrected chi connectivity index (χ1v) is 9.46. The summed E-state index contributed by atoms with van der Waals surface area (Å²) in [6.45, 7) is 0.747. The Morgan fingerprint density at radius 1 is 1.29 bits per heavy atom. The van der Waals surface area contributed by atoms with E-state index in [2.05, 4.69) is 25.1 Å². The van der Waals surface area contributed by atoms with Gasteiger partial charge in [-0.15, -0.1) is 5.10 Å².